The van der Waals surface area contributed by atoms with E-state index in [2.05, 4.69) is 5.32 Å². The van der Waals surface area contributed by atoms with Crippen molar-refractivity contribution in [2.24, 2.45) is 0 Å². The summed E-state index contributed by atoms with van der Waals surface area (Å²) in [6.07, 6.45) is 0.996. The van der Waals surface area contributed by atoms with Crippen LogP contribution in [0.2, 0.25) is 10.0 Å². The molecule has 0 aromatic heterocycles. The molecule has 1 aromatic rings. The van der Waals surface area contributed by atoms with Crippen LogP contribution >= 0.6 is 23.2 Å². The number of rotatable bonds is 7. The maximum Gasteiger partial charge on any atom is 0.241 e. The number of ether oxygens (including phenoxy) is 1. The second-order valence-electron chi connectivity index (χ2n) is 4.77. The number of halogens is 2. The van der Waals surface area contributed by atoms with Crippen LogP contribution in [0.25, 0.3) is 0 Å². The van der Waals surface area contributed by atoms with Gasteiger partial charge >= 0.3 is 0 Å². The van der Waals surface area contributed by atoms with E-state index in [4.69, 9.17) is 27.9 Å². The lowest BCUT2D eigenvalue weighted by Crippen LogP contribution is -2.44. The number of benzene rings is 1. The summed E-state index contributed by atoms with van der Waals surface area (Å²) >= 11 is 11.9. The first-order chi connectivity index (χ1) is 10.2. The largest absolute Gasteiger partial charge is 0.383 e. The lowest BCUT2D eigenvalue weighted by molar-refractivity contribution is -0.120. The number of carbonyl (C=O) groups is 1. The van der Waals surface area contributed by atoms with Crippen molar-refractivity contribution in [3.8, 4) is 0 Å². The fourth-order valence-corrected chi connectivity index (χ4v) is 3.12. The van der Waals surface area contributed by atoms with E-state index in [0.717, 1.165) is 10.6 Å². The predicted octanol–water partition coefficient (Wildman–Crippen LogP) is 1.91. The molecule has 0 aliphatic rings. The molecular formula is C13H18Cl2N2O4S. The molecule has 6 nitrogen and oxygen atoms in total. The Morgan fingerprint density at radius 2 is 2.05 bits per heavy atom. The van der Waals surface area contributed by atoms with Gasteiger partial charge in [-0.1, -0.05) is 29.3 Å². The van der Waals surface area contributed by atoms with Crippen LogP contribution in [0.5, 0.6) is 0 Å². The van der Waals surface area contributed by atoms with Gasteiger partial charge in [0.2, 0.25) is 15.9 Å². The lowest BCUT2D eigenvalue weighted by atomic mass is 10.3. The van der Waals surface area contributed by atoms with Crippen molar-refractivity contribution < 1.29 is 17.9 Å². The topological polar surface area (TPSA) is 75.7 Å². The normalized spacial score (nSPS) is 12.8. The first-order valence-corrected chi connectivity index (χ1v) is 8.97. The Hall–Kier alpha value is -1.02. The van der Waals surface area contributed by atoms with Crippen LogP contribution in [-0.2, 0) is 19.6 Å². The van der Waals surface area contributed by atoms with Gasteiger partial charge in [-0.05, 0) is 19.1 Å². The van der Waals surface area contributed by atoms with E-state index in [0.29, 0.717) is 6.61 Å². The van der Waals surface area contributed by atoms with Gasteiger partial charge in [0, 0.05) is 13.2 Å². The minimum absolute atomic E-state index is 0.0762. The molecule has 1 amide bonds. The molecule has 1 rings (SSSR count). The summed E-state index contributed by atoms with van der Waals surface area (Å²) in [5, 5.41) is 2.93. The third-order valence-corrected chi connectivity index (χ3v) is 4.65. The highest BCUT2D eigenvalue weighted by atomic mass is 35.5. The number of methoxy groups -OCH3 is 1. The zero-order chi connectivity index (χ0) is 16.9. The van der Waals surface area contributed by atoms with Crippen molar-refractivity contribution >= 4 is 44.8 Å². The van der Waals surface area contributed by atoms with Crippen LogP contribution in [0.15, 0.2) is 18.2 Å². The first kappa shape index (κ1) is 19.0. The van der Waals surface area contributed by atoms with Gasteiger partial charge in [-0.3, -0.25) is 9.10 Å². The van der Waals surface area contributed by atoms with Gasteiger partial charge in [0.15, 0.2) is 0 Å². The Morgan fingerprint density at radius 1 is 1.41 bits per heavy atom. The van der Waals surface area contributed by atoms with Crippen molar-refractivity contribution in [2.75, 3.05) is 30.8 Å². The molecule has 0 aliphatic carbocycles. The highest BCUT2D eigenvalue weighted by Crippen LogP contribution is 2.33. The molecule has 0 spiro atoms. The zero-order valence-electron chi connectivity index (χ0n) is 12.5. The van der Waals surface area contributed by atoms with Crippen LogP contribution < -0.4 is 9.62 Å². The Bertz CT molecular complexity index is 637. The van der Waals surface area contributed by atoms with E-state index in [1.54, 1.807) is 13.0 Å². The highest BCUT2D eigenvalue weighted by molar-refractivity contribution is 7.92. The molecule has 124 valence electrons. The molecule has 1 aromatic carbocycles. The molecule has 0 fully saturated rings. The molecular weight excluding hydrogens is 351 g/mol. The van der Waals surface area contributed by atoms with Crippen LogP contribution in [0.3, 0.4) is 0 Å². The molecule has 22 heavy (non-hydrogen) atoms. The van der Waals surface area contributed by atoms with Gasteiger partial charge in [-0.2, -0.15) is 0 Å². The second-order valence-corrected chi connectivity index (χ2v) is 7.46. The summed E-state index contributed by atoms with van der Waals surface area (Å²) in [4.78, 5) is 12.0. The quantitative estimate of drug-likeness (QED) is 0.797. The maximum absolute atomic E-state index is 12.0. The predicted molar refractivity (Wildman–Crippen MR) is 88.1 cm³/mol. The summed E-state index contributed by atoms with van der Waals surface area (Å²) in [6.45, 7) is 1.67. The number of hydrogen-bond acceptors (Lipinski definition) is 4. The Balaban J connectivity index is 3.01. The second kappa shape index (κ2) is 8.01. The summed E-state index contributed by atoms with van der Waals surface area (Å²) in [5.41, 5.74) is 0.159. The summed E-state index contributed by atoms with van der Waals surface area (Å²) < 4.78 is 29.7. The Labute approximate surface area is 140 Å². The highest BCUT2D eigenvalue weighted by Gasteiger charge is 2.24. The van der Waals surface area contributed by atoms with E-state index in [1.807, 2.05) is 0 Å². The van der Waals surface area contributed by atoms with Gasteiger partial charge in [0.1, 0.15) is 6.54 Å². The molecule has 0 aliphatic heterocycles. The fraction of sp³-hybridized carbons (Fsp3) is 0.462. The number of sulfonamides is 1. The summed E-state index contributed by atoms with van der Waals surface area (Å²) in [6, 6.07) is 4.34. The minimum atomic E-state index is -3.70. The average molecular weight is 369 g/mol. The van der Waals surface area contributed by atoms with Gasteiger partial charge in [0.25, 0.3) is 0 Å². The van der Waals surface area contributed by atoms with E-state index in [9.17, 15) is 13.2 Å². The Morgan fingerprint density at radius 3 is 2.59 bits per heavy atom. The summed E-state index contributed by atoms with van der Waals surface area (Å²) in [7, 11) is -2.19. The monoisotopic (exact) mass is 368 g/mol. The average Bonchev–Trinajstić information content (AvgIpc) is 2.38. The molecule has 0 bridgehead atoms. The number of nitrogens with zero attached hydrogens (tertiary/aromatic N) is 1. The zero-order valence-corrected chi connectivity index (χ0v) is 14.8. The molecule has 1 atom stereocenters. The number of amides is 1. The molecule has 0 heterocycles. The van der Waals surface area contributed by atoms with Crippen molar-refractivity contribution in [2.45, 2.75) is 13.0 Å². The van der Waals surface area contributed by atoms with Crippen LogP contribution in [0.1, 0.15) is 6.92 Å². The Kier molecular flexibility index (Phi) is 6.93. The molecule has 0 saturated heterocycles. The SMILES string of the molecule is COC[C@@H](C)NC(=O)CN(c1cccc(Cl)c1Cl)S(C)(=O)=O. The standard InChI is InChI=1S/C13H18Cl2N2O4S/c1-9(8-21-2)16-12(18)7-17(22(3,19)20)11-6-4-5-10(14)13(11)15/h4-6,9H,7-8H2,1-3H3,(H,16,18)/t9-/m1/s1. The van der Waals surface area contributed by atoms with Crippen molar-refractivity contribution in [3.05, 3.63) is 28.2 Å². The van der Waals surface area contributed by atoms with Gasteiger partial charge < -0.3 is 10.1 Å². The van der Waals surface area contributed by atoms with E-state index in [-0.39, 0.29) is 21.8 Å². The van der Waals surface area contributed by atoms with Gasteiger partial charge in [-0.15, -0.1) is 0 Å². The number of carbonyl (C=O) groups excluding carboxylic acids is 1. The summed E-state index contributed by atoms with van der Waals surface area (Å²) in [5.74, 6) is -0.467. The minimum Gasteiger partial charge on any atom is -0.383 e. The number of nitrogens with one attached hydrogen (secondary N) is 1. The van der Waals surface area contributed by atoms with Crippen molar-refractivity contribution in [1.82, 2.24) is 5.32 Å². The number of hydrogen-bond donors (Lipinski definition) is 1. The van der Waals surface area contributed by atoms with E-state index < -0.39 is 22.5 Å². The van der Waals surface area contributed by atoms with Gasteiger partial charge in [-0.25, -0.2) is 8.42 Å². The molecule has 0 unspecified atom stereocenters. The van der Waals surface area contributed by atoms with E-state index >= 15 is 0 Å². The van der Waals surface area contributed by atoms with E-state index in [1.165, 1.54) is 19.2 Å². The first-order valence-electron chi connectivity index (χ1n) is 6.36. The maximum atomic E-state index is 12.0. The van der Waals surface area contributed by atoms with Crippen LogP contribution in [0.4, 0.5) is 5.69 Å². The van der Waals surface area contributed by atoms with Crippen LogP contribution in [0, 0.1) is 0 Å². The third-order valence-electron chi connectivity index (χ3n) is 2.71. The van der Waals surface area contributed by atoms with Gasteiger partial charge in [0.05, 0.1) is 28.6 Å². The molecule has 9 heteroatoms. The van der Waals surface area contributed by atoms with Crippen molar-refractivity contribution in [1.29, 1.82) is 0 Å². The molecule has 1 N–H and O–H groups in total. The lowest BCUT2D eigenvalue weighted by Gasteiger charge is -2.24. The van der Waals surface area contributed by atoms with Crippen LogP contribution in [-0.4, -0.2) is 46.9 Å². The molecule has 0 saturated carbocycles. The van der Waals surface area contributed by atoms with Crippen molar-refractivity contribution in [3.63, 3.8) is 0 Å². The smallest absolute Gasteiger partial charge is 0.241 e. The third kappa shape index (κ3) is 5.31. The number of anilines is 1. The fourth-order valence-electron chi connectivity index (χ4n) is 1.81. The molecule has 0 radical (unpaired) electrons.